The van der Waals surface area contributed by atoms with Gasteiger partial charge < -0.3 is 9.88 Å². The molecule has 0 atom stereocenters. The summed E-state index contributed by atoms with van der Waals surface area (Å²) in [5, 5.41) is 3.69. The number of aromatic nitrogens is 1. The van der Waals surface area contributed by atoms with Crippen LogP contribution in [-0.2, 0) is 21.4 Å². The van der Waals surface area contributed by atoms with Gasteiger partial charge in [0.1, 0.15) is 6.54 Å². The molecule has 25 heavy (non-hydrogen) atoms. The van der Waals surface area contributed by atoms with E-state index < -0.39 is 10.0 Å². The van der Waals surface area contributed by atoms with E-state index in [1.54, 1.807) is 22.5 Å². The monoisotopic (exact) mass is 363 g/mol. The van der Waals surface area contributed by atoms with Crippen molar-refractivity contribution < 1.29 is 13.2 Å². The molecule has 2 heterocycles. The van der Waals surface area contributed by atoms with E-state index in [-0.39, 0.29) is 12.5 Å². The van der Waals surface area contributed by atoms with E-state index in [2.05, 4.69) is 5.32 Å². The quantitative estimate of drug-likeness (QED) is 0.856. The lowest BCUT2D eigenvalue weighted by molar-refractivity contribution is -0.121. The van der Waals surface area contributed by atoms with Crippen molar-refractivity contribution >= 4 is 26.8 Å². The van der Waals surface area contributed by atoms with E-state index in [9.17, 15) is 13.2 Å². The van der Waals surface area contributed by atoms with Gasteiger partial charge in [-0.05, 0) is 43.5 Å². The second kappa shape index (κ2) is 7.58. The van der Waals surface area contributed by atoms with Gasteiger partial charge in [-0.25, -0.2) is 8.42 Å². The van der Waals surface area contributed by atoms with Crippen LogP contribution in [0.1, 0.15) is 32.6 Å². The standard InChI is InChI=1S/C18H25N3O3S/c1-2-9-19-18(22)14-20-12-8-15-13-16(6-7-17(15)20)25(23,24)21-10-4-3-5-11-21/h6-8,12-13H,2-5,9-11,14H2,1H3,(H,19,22). The Morgan fingerprint density at radius 1 is 1.16 bits per heavy atom. The second-order valence-electron chi connectivity index (χ2n) is 6.48. The van der Waals surface area contributed by atoms with Crippen molar-refractivity contribution in [1.82, 2.24) is 14.2 Å². The van der Waals surface area contributed by atoms with Crippen LogP contribution in [0.2, 0.25) is 0 Å². The summed E-state index contributed by atoms with van der Waals surface area (Å²) in [6.07, 6.45) is 5.66. The number of carbonyl (C=O) groups is 1. The molecule has 0 saturated carbocycles. The molecule has 2 aromatic rings. The zero-order chi connectivity index (χ0) is 17.9. The molecule has 0 bridgehead atoms. The molecule has 6 nitrogen and oxygen atoms in total. The van der Waals surface area contributed by atoms with Gasteiger partial charge in [-0.3, -0.25) is 4.79 Å². The molecule has 3 rings (SSSR count). The number of nitrogens with one attached hydrogen (secondary N) is 1. The first kappa shape index (κ1) is 17.9. The molecule has 1 aromatic heterocycles. The van der Waals surface area contributed by atoms with Gasteiger partial charge in [0, 0.05) is 36.7 Å². The average Bonchev–Trinajstić information content (AvgIpc) is 3.03. The zero-order valence-electron chi connectivity index (χ0n) is 14.6. The molecule has 0 spiro atoms. The number of piperidine rings is 1. The van der Waals surface area contributed by atoms with Crippen LogP contribution >= 0.6 is 0 Å². The number of sulfonamides is 1. The van der Waals surface area contributed by atoms with E-state index in [1.165, 1.54) is 0 Å². The van der Waals surface area contributed by atoms with Crippen LogP contribution in [0.15, 0.2) is 35.4 Å². The van der Waals surface area contributed by atoms with Crippen LogP contribution in [0.25, 0.3) is 10.9 Å². The summed E-state index contributed by atoms with van der Waals surface area (Å²) in [5.41, 5.74) is 0.865. The molecule has 1 aliphatic rings. The lowest BCUT2D eigenvalue weighted by Crippen LogP contribution is -2.35. The van der Waals surface area contributed by atoms with E-state index >= 15 is 0 Å². The molecular weight excluding hydrogens is 338 g/mol. The number of carbonyl (C=O) groups excluding carboxylic acids is 1. The summed E-state index contributed by atoms with van der Waals surface area (Å²) < 4.78 is 29.0. The van der Waals surface area contributed by atoms with Crippen molar-refractivity contribution in [2.75, 3.05) is 19.6 Å². The van der Waals surface area contributed by atoms with Crippen LogP contribution in [0.3, 0.4) is 0 Å². The minimum Gasteiger partial charge on any atom is -0.355 e. The van der Waals surface area contributed by atoms with Crippen molar-refractivity contribution in [2.24, 2.45) is 0 Å². The van der Waals surface area contributed by atoms with Gasteiger partial charge in [-0.15, -0.1) is 0 Å². The van der Waals surface area contributed by atoms with Gasteiger partial charge in [-0.2, -0.15) is 4.31 Å². The van der Waals surface area contributed by atoms with Crippen LogP contribution in [0, 0.1) is 0 Å². The summed E-state index contributed by atoms with van der Waals surface area (Å²) in [5.74, 6) is -0.0376. The molecule has 0 aliphatic carbocycles. The number of rotatable bonds is 6. The smallest absolute Gasteiger partial charge is 0.243 e. The van der Waals surface area contributed by atoms with E-state index in [0.29, 0.717) is 24.5 Å². The molecule has 0 radical (unpaired) electrons. The Hall–Kier alpha value is -1.86. The number of hydrogen-bond donors (Lipinski definition) is 1. The highest BCUT2D eigenvalue weighted by molar-refractivity contribution is 7.89. The van der Waals surface area contributed by atoms with Crippen LogP contribution in [0.5, 0.6) is 0 Å². The first-order valence-corrected chi connectivity index (χ1v) is 10.3. The van der Waals surface area contributed by atoms with Gasteiger partial charge in [0.2, 0.25) is 15.9 Å². The van der Waals surface area contributed by atoms with Crippen LogP contribution < -0.4 is 5.32 Å². The molecule has 0 unspecified atom stereocenters. The van der Waals surface area contributed by atoms with E-state index in [1.807, 2.05) is 23.8 Å². The third-order valence-corrected chi connectivity index (χ3v) is 6.48. The summed E-state index contributed by atoms with van der Waals surface area (Å²) >= 11 is 0. The topological polar surface area (TPSA) is 71.4 Å². The maximum Gasteiger partial charge on any atom is 0.243 e. The molecule has 1 aromatic carbocycles. The predicted octanol–water partition coefficient (Wildman–Crippen LogP) is 2.34. The molecule has 1 fully saturated rings. The minimum atomic E-state index is -3.43. The van der Waals surface area contributed by atoms with Crippen molar-refractivity contribution in [3.05, 3.63) is 30.5 Å². The lowest BCUT2D eigenvalue weighted by Gasteiger charge is -2.25. The fourth-order valence-electron chi connectivity index (χ4n) is 3.21. The highest BCUT2D eigenvalue weighted by Crippen LogP contribution is 2.25. The summed E-state index contributed by atoms with van der Waals surface area (Å²) in [6.45, 7) is 4.10. The Bertz CT molecular complexity index is 852. The zero-order valence-corrected chi connectivity index (χ0v) is 15.4. The fraction of sp³-hybridized carbons (Fsp3) is 0.500. The second-order valence-corrected chi connectivity index (χ2v) is 8.42. The van der Waals surface area contributed by atoms with Gasteiger partial charge in [0.25, 0.3) is 0 Å². The molecule has 136 valence electrons. The molecule has 1 N–H and O–H groups in total. The Morgan fingerprint density at radius 3 is 2.64 bits per heavy atom. The normalized spacial score (nSPS) is 16.2. The molecule has 1 saturated heterocycles. The first-order valence-electron chi connectivity index (χ1n) is 8.88. The van der Waals surface area contributed by atoms with E-state index in [0.717, 1.165) is 36.6 Å². The lowest BCUT2D eigenvalue weighted by atomic mass is 10.2. The van der Waals surface area contributed by atoms with E-state index in [4.69, 9.17) is 0 Å². The van der Waals surface area contributed by atoms with Crippen LogP contribution in [-0.4, -0.2) is 42.8 Å². The first-order chi connectivity index (χ1) is 12.0. The van der Waals surface area contributed by atoms with Gasteiger partial charge in [-0.1, -0.05) is 13.3 Å². The summed E-state index contributed by atoms with van der Waals surface area (Å²) in [7, 11) is -3.43. The fourth-order valence-corrected chi connectivity index (χ4v) is 4.76. The van der Waals surface area contributed by atoms with Crippen molar-refractivity contribution in [3.63, 3.8) is 0 Å². The van der Waals surface area contributed by atoms with Crippen molar-refractivity contribution in [1.29, 1.82) is 0 Å². The Balaban J connectivity index is 1.83. The summed E-state index contributed by atoms with van der Waals surface area (Å²) in [4.78, 5) is 12.2. The van der Waals surface area contributed by atoms with Gasteiger partial charge in [0.15, 0.2) is 0 Å². The highest BCUT2D eigenvalue weighted by atomic mass is 32.2. The molecule has 1 aliphatic heterocycles. The Kier molecular flexibility index (Phi) is 5.44. The number of hydrogen-bond acceptors (Lipinski definition) is 3. The molecule has 7 heteroatoms. The number of amides is 1. The molecular formula is C18H25N3O3S. The maximum atomic E-state index is 12.8. The van der Waals surface area contributed by atoms with Crippen molar-refractivity contribution in [2.45, 2.75) is 44.0 Å². The van der Waals surface area contributed by atoms with Crippen LogP contribution in [0.4, 0.5) is 0 Å². The highest BCUT2D eigenvalue weighted by Gasteiger charge is 2.26. The average molecular weight is 363 g/mol. The summed E-state index contributed by atoms with van der Waals surface area (Å²) in [6, 6.07) is 7.00. The van der Waals surface area contributed by atoms with Gasteiger partial charge in [0.05, 0.1) is 4.90 Å². The third-order valence-electron chi connectivity index (χ3n) is 4.58. The number of fused-ring (bicyclic) bond motifs is 1. The van der Waals surface area contributed by atoms with Gasteiger partial charge >= 0.3 is 0 Å². The van der Waals surface area contributed by atoms with Crippen molar-refractivity contribution in [3.8, 4) is 0 Å². The minimum absolute atomic E-state index is 0.0376. The maximum absolute atomic E-state index is 12.8. The SMILES string of the molecule is CCCNC(=O)Cn1ccc2cc(S(=O)(=O)N3CCCCC3)ccc21. The number of benzene rings is 1. The predicted molar refractivity (Wildman–Crippen MR) is 97.8 cm³/mol. The molecule has 1 amide bonds. The Labute approximate surface area is 148 Å². The Morgan fingerprint density at radius 2 is 1.92 bits per heavy atom. The number of nitrogens with zero attached hydrogens (tertiary/aromatic N) is 2. The third kappa shape index (κ3) is 3.88. The largest absolute Gasteiger partial charge is 0.355 e.